The lowest BCUT2D eigenvalue weighted by molar-refractivity contribution is -0.139. The van der Waals surface area contributed by atoms with Crippen molar-refractivity contribution in [1.82, 2.24) is 5.32 Å². The molecule has 1 saturated heterocycles. The minimum Gasteiger partial charge on any atom is -0.480 e. The molecule has 1 fully saturated rings. The van der Waals surface area contributed by atoms with Gasteiger partial charge in [-0.2, -0.15) is 0 Å². The van der Waals surface area contributed by atoms with Crippen LogP contribution < -0.4 is 5.32 Å². The summed E-state index contributed by atoms with van der Waals surface area (Å²) >= 11 is 0. The van der Waals surface area contributed by atoms with Gasteiger partial charge >= 0.3 is 5.97 Å². The van der Waals surface area contributed by atoms with Gasteiger partial charge in [-0.1, -0.05) is 30.3 Å². The van der Waals surface area contributed by atoms with Gasteiger partial charge in [0.25, 0.3) is 0 Å². The molecule has 1 aliphatic rings. The van der Waals surface area contributed by atoms with E-state index in [0.717, 1.165) is 19.4 Å². The molecule has 0 aliphatic carbocycles. The number of hydrogen-bond donors (Lipinski definition) is 2. The third-order valence-electron chi connectivity index (χ3n) is 2.89. The van der Waals surface area contributed by atoms with Crippen molar-refractivity contribution in [1.29, 1.82) is 0 Å². The second-order valence-corrected chi connectivity index (χ2v) is 4.09. The van der Waals surface area contributed by atoms with Gasteiger partial charge in [0.2, 0.25) is 0 Å². The molecule has 0 saturated carbocycles. The van der Waals surface area contributed by atoms with Crippen molar-refractivity contribution in [3.63, 3.8) is 0 Å². The highest BCUT2D eigenvalue weighted by Gasteiger charge is 2.28. The largest absolute Gasteiger partial charge is 0.480 e. The van der Waals surface area contributed by atoms with Crippen LogP contribution in [-0.2, 0) is 11.2 Å². The molecule has 15 heavy (non-hydrogen) atoms. The van der Waals surface area contributed by atoms with Crippen LogP contribution in [0.25, 0.3) is 0 Å². The molecule has 3 nitrogen and oxygen atoms in total. The van der Waals surface area contributed by atoms with E-state index in [9.17, 15) is 4.79 Å². The number of nitrogens with one attached hydrogen (secondary N) is 1. The number of aliphatic carboxylic acids is 1. The Hall–Kier alpha value is -1.35. The molecule has 3 heteroatoms. The van der Waals surface area contributed by atoms with Crippen LogP contribution in [-0.4, -0.2) is 23.7 Å². The molecule has 0 radical (unpaired) electrons. The second kappa shape index (κ2) is 4.45. The zero-order valence-corrected chi connectivity index (χ0v) is 8.52. The Morgan fingerprint density at radius 1 is 1.40 bits per heavy atom. The van der Waals surface area contributed by atoms with Gasteiger partial charge in [0.1, 0.15) is 6.04 Å². The highest BCUT2D eigenvalue weighted by atomic mass is 16.4. The molecule has 2 rings (SSSR count). The average Bonchev–Trinajstić information content (AvgIpc) is 2.68. The van der Waals surface area contributed by atoms with Crippen molar-refractivity contribution >= 4 is 5.97 Å². The zero-order valence-electron chi connectivity index (χ0n) is 8.52. The molecule has 0 bridgehead atoms. The van der Waals surface area contributed by atoms with Crippen LogP contribution >= 0.6 is 0 Å². The first kappa shape index (κ1) is 10.2. The molecule has 1 aromatic rings. The first-order chi connectivity index (χ1) is 7.25. The van der Waals surface area contributed by atoms with Crippen LogP contribution in [0.2, 0.25) is 0 Å². The first-order valence-electron chi connectivity index (χ1n) is 5.26. The molecule has 1 aliphatic heterocycles. The lowest BCUT2D eigenvalue weighted by Gasteiger charge is -2.07. The predicted molar refractivity (Wildman–Crippen MR) is 57.7 cm³/mol. The number of rotatable bonds is 3. The van der Waals surface area contributed by atoms with Gasteiger partial charge < -0.3 is 10.4 Å². The maximum Gasteiger partial charge on any atom is 0.320 e. The standard InChI is InChI=1S/C12H15NO2/c14-12(15)11-7-10(8-13-11)6-9-4-2-1-3-5-9/h1-5,10-11,13H,6-8H2,(H,14,15)/t10-,11+/m0/s1. The fourth-order valence-electron chi connectivity index (χ4n) is 2.10. The summed E-state index contributed by atoms with van der Waals surface area (Å²) < 4.78 is 0. The molecular weight excluding hydrogens is 190 g/mol. The Labute approximate surface area is 89.1 Å². The lowest BCUT2D eigenvalue weighted by atomic mass is 9.97. The number of benzene rings is 1. The van der Waals surface area contributed by atoms with E-state index < -0.39 is 5.97 Å². The summed E-state index contributed by atoms with van der Waals surface area (Å²) in [7, 11) is 0. The zero-order chi connectivity index (χ0) is 10.7. The monoisotopic (exact) mass is 205 g/mol. The van der Waals surface area contributed by atoms with Gasteiger partial charge in [-0.25, -0.2) is 0 Å². The molecule has 1 heterocycles. The van der Waals surface area contributed by atoms with Crippen LogP contribution in [0.1, 0.15) is 12.0 Å². The maximum absolute atomic E-state index is 10.7. The normalized spacial score (nSPS) is 25.3. The van der Waals surface area contributed by atoms with E-state index >= 15 is 0 Å². The van der Waals surface area contributed by atoms with E-state index in [0.29, 0.717) is 5.92 Å². The van der Waals surface area contributed by atoms with Gasteiger partial charge in [0.05, 0.1) is 0 Å². The molecule has 80 valence electrons. The fourth-order valence-corrected chi connectivity index (χ4v) is 2.10. The molecule has 0 unspecified atom stereocenters. The van der Waals surface area contributed by atoms with Crippen LogP contribution in [0, 0.1) is 5.92 Å². The Bertz CT molecular complexity index is 337. The predicted octanol–water partition coefficient (Wildman–Crippen LogP) is 1.29. The minimum atomic E-state index is -0.731. The van der Waals surface area contributed by atoms with Crippen LogP contribution in [0.3, 0.4) is 0 Å². The third kappa shape index (κ3) is 2.57. The van der Waals surface area contributed by atoms with Crippen molar-refractivity contribution in [2.45, 2.75) is 18.9 Å². The van der Waals surface area contributed by atoms with Crippen LogP contribution in [0.4, 0.5) is 0 Å². The van der Waals surface area contributed by atoms with E-state index in [4.69, 9.17) is 5.11 Å². The highest BCUT2D eigenvalue weighted by Crippen LogP contribution is 2.19. The summed E-state index contributed by atoms with van der Waals surface area (Å²) in [4.78, 5) is 10.7. The van der Waals surface area contributed by atoms with Crippen LogP contribution in [0.15, 0.2) is 30.3 Å². The van der Waals surface area contributed by atoms with E-state index in [-0.39, 0.29) is 6.04 Å². The summed E-state index contributed by atoms with van der Waals surface area (Å²) in [5.41, 5.74) is 1.29. The van der Waals surface area contributed by atoms with Crippen LogP contribution in [0.5, 0.6) is 0 Å². The van der Waals surface area contributed by atoms with E-state index in [2.05, 4.69) is 17.4 Å². The van der Waals surface area contributed by atoms with Gasteiger partial charge in [-0.15, -0.1) is 0 Å². The first-order valence-corrected chi connectivity index (χ1v) is 5.26. The Morgan fingerprint density at radius 2 is 2.13 bits per heavy atom. The lowest BCUT2D eigenvalue weighted by Crippen LogP contribution is -2.29. The molecule has 2 N–H and O–H groups in total. The average molecular weight is 205 g/mol. The number of carboxylic acids is 1. The Morgan fingerprint density at radius 3 is 2.73 bits per heavy atom. The fraction of sp³-hybridized carbons (Fsp3) is 0.417. The smallest absolute Gasteiger partial charge is 0.320 e. The van der Waals surface area contributed by atoms with E-state index in [1.807, 2.05) is 18.2 Å². The molecule has 0 spiro atoms. The van der Waals surface area contributed by atoms with Gasteiger partial charge in [-0.3, -0.25) is 4.79 Å². The van der Waals surface area contributed by atoms with E-state index in [1.54, 1.807) is 0 Å². The Kier molecular flexibility index (Phi) is 3.02. The molecule has 2 atom stereocenters. The topological polar surface area (TPSA) is 49.3 Å². The minimum absolute atomic E-state index is 0.348. The molecule has 0 amide bonds. The summed E-state index contributed by atoms with van der Waals surface area (Å²) in [6.45, 7) is 0.811. The Balaban J connectivity index is 1.90. The molecule has 0 aromatic heterocycles. The van der Waals surface area contributed by atoms with E-state index in [1.165, 1.54) is 5.56 Å². The van der Waals surface area contributed by atoms with Gasteiger partial charge in [0, 0.05) is 0 Å². The van der Waals surface area contributed by atoms with Crippen molar-refractivity contribution in [3.8, 4) is 0 Å². The van der Waals surface area contributed by atoms with Crippen molar-refractivity contribution in [2.24, 2.45) is 5.92 Å². The SMILES string of the molecule is O=C(O)[C@H]1C[C@H](Cc2ccccc2)CN1. The third-order valence-corrected chi connectivity index (χ3v) is 2.89. The number of carboxylic acid groups (broad SMARTS) is 1. The highest BCUT2D eigenvalue weighted by molar-refractivity contribution is 5.73. The molecular formula is C12H15NO2. The number of hydrogen-bond acceptors (Lipinski definition) is 2. The quantitative estimate of drug-likeness (QED) is 0.781. The second-order valence-electron chi connectivity index (χ2n) is 4.09. The van der Waals surface area contributed by atoms with Crippen molar-refractivity contribution in [3.05, 3.63) is 35.9 Å². The summed E-state index contributed by atoms with van der Waals surface area (Å²) in [6.07, 6.45) is 1.71. The molecule has 1 aromatic carbocycles. The van der Waals surface area contributed by atoms with Gasteiger partial charge in [-0.05, 0) is 30.9 Å². The van der Waals surface area contributed by atoms with Crippen molar-refractivity contribution < 1.29 is 9.90 Å². The summed E-state index contributed by atoms with van der Waals surface area (Å²) in [6, 6.07) is 9.87. The van der Waals surface area contributed by atoms with Crippen molar-refractivity contribution in [2.75, 3.05) is 6.54 Å². The maximum atomic E-state index is 10.7. The number of carbonyl (C=O) groups is 1. The summed E-state index contributed by atoms with van der Waals surface area (Å²) in [5, 5.41) is 11.9. The van der Waals surface area contributed by atoms with Gasteiger partial charge in [0.15, 0.2) is 0 Å². The summed E-state index contributed by atoms with van der Waals surface area (Å²) in [5.74, 6) is -0.279.